The lowest BCUT2D eigenvalue weighted by Gasteiger charge is -2.15. The fourth-order valence-electron chi connectivity index (χ4n) is 2.64. The Hall–Kier alpha value is -2.12. The van der Waals surface area contributed by atoms with E-state index in [2.05, 4.69) is 34.4 Å². The topological polar surface area (TPSA) is 79.3 Å². The molecule has 2 aromatic rings. The van der Waals surface area contributed by atoms with Gasteiger partial charge in [0.05, 0.1) is 6.61 Å². The van der Waals surface area contributed by atoms with E-state index in [0.29, 0.717) is 18.6 Å². The summed E-state index contributed by atoms with van der Waals surface area (Å²) >= 11 is 0. The standard InChI is InChI=1S/C16H21BN4O2/c1-3-12(4-2)19-15-7-8-18-16(21-15)20-13-5-6-14-11(9-13)10-23-17(14)22/h5-9,12,22H,3-4,10H2,1-2H3,(H2,18,19,20,21). The summed E-state index contributed by atoms with van der Waals surface area (Å²) in [6.07, 6.45) is 3.84. The molecule has 7 heteroatoms. The van der Waals surface area contributed by atoms with Gasteiger partial charge >= 0.3 is 7.12 Å². The molecule has 3 rings (SSSR count). The van der Waals surface area contributed by atoms with Crippen LogP contribution in [0.4, 0.5) is 17.5 Å². The van der Waals surface area contributed by atoms with Gasteiger partial charge in [0.2, 0.25) is 5.95 Å². The van der Waals surface area contributed by atoms with Gasteiger partial charge in [0.1, 0.15) is 5.82 Å². The fraction of sp³-hybridized carbons (Fsp3) is 0.375. The van der Waals surface area contributed by atoms with Crippen LogP contribution in [0.15, 0.2) is 30.5 Å². The van der Waals surface area contributed by atoms with Gasteiger partial charge in [-0.2, -0.15) is 4.98 Å². The Bertz CT molecular complexity index is 679. The van der Waals surface area contributed by atoms with Crippen molar-refractivity contribution in [2.45, 2.75) is 39.3 Å². The third-order valence-electron chi connectivity index (χ3n) is 4.06. The molecule has 0 saturated heterocycles. The van der Waals surface area contributed by atoms with Crippen LogP contribution in [0.5, 0.6) is 0 Å². The van der Waals surface area contributed by atoms with Gasteiger partial charge in [-0.3, -0.25) is 0 Å². The number of nitrogens with zero attached hydrogens (tertiary/aromatic N) is 2. The van der Waals surface area contributed by atoms with E-state index in [1.165, 1.54) is 0 Å². The van der Waals surface area contributed by atoms with E-state index in [9.17, 15) is 5.02 Å². The van der Waals surface area contributed by atoms with Crippen LogP contribution >= 0.6 is 0 Å². The van der Waals surface area contributed by atoms with Gasteiger partial charge in [0, 0.05) is 17.9 Å². The molecule has 0 atom stereocenters. The van der Waals surface area contributed by atoms with Crippen molar-refractivity contribution >= 4 is 30.0 Å². The summed E-state index contributed by atoms with van der Waals surface area (Å²) in [5, 5.41) is 16.3. The summed E-state index contributed by atoms with van der Waals surface area (Å²) in [4.78, 5) is 8.76. The molecule has 0 saturated carbocycles. The Morgan fingerprint density at radius 3 is 2.91 bits per heavy atom. The minimum absolute atomic E-state index is 0.413. The Labute approximate surface area is 136 Å². The van der Waals surface area contributed by atoms with Gasteiger partial charge < -0.3 is 20.3 Å². The molecule has 23 heavy (non-hydrogen) atoms. The SMILES string of the molecule is CCC(CC)Nc1ccnc(Nc2ccc3c(c2)COB3O)n1. The number of hydrogen-bond acceptors (Lipinski definition) is 6. The second-order valence-electron chi connectivity index (χ2n) is 5.63. The first kappa shape index (κ1) is 15.8. The van der Waals surface area contributed by atoms with Crippen LogP contribution in [0.1, 0.15) is 32.3 Å². The monoisotopic (exact) mass is 312 g/mol. The van der Waals surface area contributed by atoms with E-state index in [1.54, 1.807) is 6.20 Å². The van der Waals surface area contributed by atoms with Crippen molar-refractivity contribution in [1.82, 2.24) is 9.97 Å². The summed E-state index contributed by atoms with van der Waals surface area (Å²) in [6, 6.07) is 7.99. The summed E-state index contributed by atoms with van der Waals surface area (Å²) in [5.41, 5.74) is 2.68. The van der Waals surface area contributed by atoms with Gasteiger partial charge in [-0.15, -0.1) is 0 Å². The Kier molecular flexibility index (Phi) is 4.78. The summed E-state index contributed by atoms with van der Waals surface area (Å²) in [5.74, 6) is 1.36. The molecular weight excluding hydrogens is 291 g/mol. The van der Waals surface area contributed by atoms with Crippen molar-refractivity contribution in [2.75, 3.05) is 10.6 Å². The van der Waals surface area contributed by atoms with Crippen LogP contribution in [-0.2, 0) is 11.3 Å². The van der Waals surface area contributed by atoms with Gasteiger partial charge in [-0.25, -0.2) is 4.98 Å². The molecule has 0 aliphatic carbocycles. The van der Waals surface area contributed by atoms with Crippen molar-refractivity contribution < 1.29 is 9.68 Å². The molecule has 1 aromatic heterocycles. The van der Waals surface area contributed by atoms with E-state index >= 15 is 0 Å². The van der Waals surface area contributed by atoms with E-state index in [-0.39, 0.29) is 0 Å². The highest BCUT2D eigenvalue weighted by atomic mass is 16.5. The van der Waals surface area contributed by atoms with E-state index < -0.39 is 7.12 Å². The predicted octanol–water partition coefficient (Wildman–Crippen LogP) is 2.04. The Balaban J connectivity index is 1.73. The number of hydrogen-bond donors (Lipinski definition) is 3. The van der Waals surface area contributed by atoms with E-state index in [4.69, 9.17) is 4.65 Å². The van der Waals surface area contributed by atoms with Crippen LogP contribution in [0.2, 0.25) is 0 Å². The Morgan fingerprint density at radius 2 is 2.13 bits per heavy atom. The number of fused-ring (bicyclic) bond motifs is 1. The molecule has 0 radical (unpaired) electrons. The second kappa shape index (κ2) is 6.98. The van der Waals surface area contributed by atoms with Crippen LogP contribution < -0.4 is 16.1 Å². The molecular formula is C16H21BN4O2. The Morgan fingerprint density at radius 1 is 1.30 bits per heavy atom. The average Bonchev–Trinajstić information content (AvgIpc) is 2.93. The zero-order valence-corrected chi connectivity index (χ0v) is 13.4. The third-order valence-corrected chi connectivity index (χ3v) is 4.06. The van der Waals surface area contributed by atoms with Crippen molar-refractivity contribution in [1.29, 1.82) is 0 Å². The summed E-state index contributed by atoms with van der Waals surface area (Å²) in [6.45, 7) is 4.73. The molecule has 0 amide bonds. The smallest absolute Gasteiger partial charge is 0.423 e. The average molecular weight is 312 g/mol. The van der Waals surface area contributed by atoms with E-state index in [0.717, 1.165) is 35.4 Å². The number of anilines is 3. The number of aromatic nitrogens is 2. The lowest BCUT2D eigenvalue weighted by Crippen LogP contribution is -2.27. The summed E-state index contributed by atoms with van der Waals surface area (Å²) in [7, 11) is -0.817. The van der Waals surface area contributed by atoms with Crippen molar-refractivity contribution in [3.63, 3.8) is 0 Å². The van der Waals surface area contributed by atoms with Crippen LogP contribution in [0.25, 0.3) is 0 Å². The number of nitrogens with one attached hydrogen (secondary N) is 2. The van der Waals surface area contributed by atoms with Crippen molar-refractivity contribution in [3.8, 4) is 0 Å². The normalized spacial score (nSPS) is 13.3. The van der Waals surface area contributed by atoms with Crippen molar-refractivity contribution in [3.05, 3.63) is 36.0 Å². The van der Waals surface area contributed by atoms with Gasteiger partial charge in [-0.1, -0.05) is 19.9 Å². The minimum Gasteiger partial charge on any atom is -0.423 e. The highest BCUT2D eigenvalue weighted by Crippen LogP contribution is 2.19. The lowest BCUT2D eigenvalue weighted by molar-refractivity contribution is 0.275. The highest BCUT2D eigenvalue weighted by Gasteiger charge is 2.27. The molecule has 6 nitrogen and oxygen atoms in total. The minimum atomic E-state index is -0.817. The van der Waals surface area contributed by atoms with Crippen molar-refractivity contribution in [2.24, 2.45) is 0 Å². The first-order valence-electron chi connectivity index (χ1n) is 7.98. The first-order chi connectivity index (χ1) is 11.2. The maximum Gasteiger partial charge on any atom is 0.491 e. The van der Waals surface area contributed by atoms with E-state index in [1.807, 2.05) is 24.3 Å². The second-order valence-corrected chi connectivity index (χ2v) is 5.63. The zero-order chi connectivity index (χ0) is 16.2. The van der Waals surface area contributed by atoms with Gasteiger partial charge in [0.25, 0.3) is 0 Å². The van der Waals surface area contributed by atoms with Crippen LogP contribution in [0.3, 0.4) is 0 Å². The molecule has 0 spiro atoms. The maximum atomic E-state index is 9.65. The quantitative estimate of drug-likeness (QED) is 0.709. The van der Waals surface area contributed by atoms with Crippen LogP contribution in [-0.4, -0.2) is 28.2 Å². The van der Waals surface area contributed by atoms with Crippen LogP contribution in [0, 0.1) is 0 Å². The maximum absolute atomic E-state index is 9.65. The first-order valence-corrected chi connectivity index (χ1v) is 7.98. The molecule has 120 valence electrons. The summed E-state index contributed by atoms with van der Waals surface area (Å²) < 4.78 is 5.20. The van der Waals surface area contributed by atoms with Gasteiger partial charge in [-0.05, 0) is 42.1 Å². The molecule has 0 fully saturated rings. The fourth-order valence-corrected chi connectivity index (χ4v) is 2.64. The number of benzene rings is 1. The van der Waals surface area contributed by atoms with Gasteiger partial charge in [0.15, 0.2) is 0 Å². The zero-order valence-electron chi connectivity index (χ0n) is 13.4. The highest BCUT2D eigenvalue weighted by molar-refractivity contribution is 6.61. The predicted molar refractivity (Wildman–Crippen MR) is 92.1 cm³/mol. The molecule has 2 heterocycles. The molecule has 1 aromatic carbocycles. The molecule has 0 bridgehead atoms. The molecule has 1 aliphatic rings. The third kappa shape index (κ3) is 3.63. The lowest BCUT2D eigenvalue weighted by atomic mass is 9.79. The molecule has 0 unspecified atom stereocenters. The molecule has 1 aliphatic heterocycles. The molecule has 3 N–H and O–H groups in total. The number of rotatable bonds is 6. The largest absolute Gasteiger partial charge is 0.491 e.